The Labute approximate surface area is 141 Å². The van der Waals surface area contributed by atoms with Gasteiger partial charge in [-0.1, -0.05) is 18.2 Å². The van der Waals surface area contributed by atoms with E-state index in [4.69, 9.17) is 4.74 Å². The highest BCUT2D eigenvalue weighted by molar-refractivity contribution is 5.68. The second kappa shape index (κ2) is 8.92. The molecule has 4 nitrogen and oxygen atoms in total. The Bertz CT molecular complexity index is 507. The zero-order chi connectivity index (χ0) is 17.5. The van der Waals surface area contributed by atoms with E-state index >= 15 is 0 Å². The number of ether oxygens (including phenoxy) is 1. The molecule has 0 heterocycles. The van der Waals surface area contributed by atoms with E-state index in [2.05, 4.69) is 37.4 Å². The van der Waals surface area contributed by atoms with Gasteiger partial charge < -0.3 is 15.0 Å². The molecule has 1 rings (SSSR count). The molecule has 0 aliphatic carbocycles. The van der Waals surface area contributed by atoms with Crippen molar-refractivity contribution >= 4 is 6.09 Å². The molecular weight excluding hydrogens is 288 g/mol. The van der Waals surface area contributed by atoms with Crippen LogP contribution in [0.4, 0.5) is 4.79 Å². The van der Waals surface area contributed by atoms with Crippen LogP contribution in [0.25, 0.3) is 0 Å². The van der Waals surface area contributed by atoms with Gasteiger partial charge in [0, 0.05) is 19.6 Å². The number of nitrogens with zero attached hydrogens (tertiary/aromatic N) is 1. The molecule has 0 spiro atoms. The summed E-state index contributed by atoms with van der Waals surface area (Å²) < 4.78 is 5.41. The smallest absolute Gasteiger partial charge is 0.410 e. The van der Waals surface area contributed by atoms with Crippen molar-refractivity contribution in [2.24, 2.45) is 0 Å². The molecule has 4 heteroatoms. The van der Waals surface area contributed by atoms with Crippen molar-refractivity contribution < 1.29 is 9.53 Å². The van der Waals surface area contributed by atoms with Crippen LogP contribution in [0.3, 0.4) is 0 Å². The van der Waals surface area contributed by atoms with Crippen molar-refractivity contribution in [2.45, 2.75) is 60.1 Å². The molecule has 1 aromatic rings. The van der Waals surface area contributed by atoms with Gasteiger partial charge >= 0.3 is 6.09 Å². The Hall–Kier alpha value is -1.55. The lowest BCUT2D eigenvalue weighted by molar-refractivity contribution is 0.0258. The summed E-state index contributed by atoms with van der Waals surface area (Å²) in [5.74, 6) is 0. The molecule has 0 unspecified atom stereocenters. The fraction of sp³-hybridized carbons (Fsp3) is 0.632. The second-order valence-electron chi connectivity index (χ2n) is 6.95. The van der Waals surface area contributed by atoms with Gasteiger partial charge in [-0.25, -0.2) is 4.79 Å². The monoisotopic (exact) mass is 320 g/mol. The first-order valence-corrected chi connectivity index (χ1v) is 8.48. The van der Waals surface area contributed by atoms with Gasteiger partial charge in [0.1, 0.15) is 5.60 Å². The van der Waals surface area contributed by atoms with Crippen LogP contribution in [-0.4, -0.2) is 36.2 Å². The maximum Gasteiger partial charge on any atom is 0.410 e. The average Bonchev–Trinajstić information content (AvgIpc) is 2.45. The summed E-state index contributed by atoms with van der Waals surface area (Å²) in [4.78, 5) is 13.8. The number of hydrogen-bond donors (Lipinski definition) is 1. The molecule has 0 saturated carbocycles. The van der Waals surface area contributed by atoms with E-state index in [9.17, 15) is 4.79 Å². The first-order chi connectivity index (χ1) is 10.7. The molecule has 23 heavy (non-hydrogen) atoms. The SMILES string of the molecule is CCN(CCCNCc1cccc(C)c1C)C(=O)OC(C)(C)C. The van der Waals surface area contributed by atoms with Crippen LogP contribution in [0.1, 0.15) is 50.8 Å². The molecule has 1 N–H and O–H groups in total. The van der Waals surface area contributed by atoms with E-state index < -0.39 is 5.60 Å². The van der Waals surface area contributed by atoms with Crippen LogP contribution in [0.5, 0.6) is 0 Å². The van der Waals surface area contributed by atoms with Gasteiger partial charge in [0.2, 0.25) is 0 Å². The summed E-state index contributed by atoms with van der Waals surface area (Å²) in [6.45, 7) is 15.1. The highest BCUT2D eigenvalue weighted by Gasteiger charge is 2.20. The van der Waals surface area contributed by atoms with Crippen molar-refractivity contribution in [3.05, 3.63) is 34.9 Å². The predicted molar refractivity (Wildman–Crippen MR) is 95.7 cm³/mol. The second-order valence-corrected chi connectivity index (χ2v) is 6.95. The third-order valence-electron chi connectivity index (χ3n) is 3.85. The highest BCUT2D eigenvalue weighted by Crippen LogP contribution is 2.12. The van der Waals surface area contributed by atoms with Gasteiger partial charge in [-0.15, -0.1) is 0 Å². The first kappa shape index (κ1) is 19.5. The minimum Gasteiger partial charge on any atom is -0.444 e. The minimum atomic E-state index is -0.439. The van der Waals surface area contributed by atoms with Crippen molar-refractivity contribution in [1.29, 1.82) is 0 Å². The number of carbonyl (C=O) groups excluding carboxylic acids is 1. The lowest BCUT2D eigenvalue weighted by atomic mass is 10.0. The third kappa shape index (κ3) is 7.04. The van der Waals surface area contributed by atoms with E-state index in [1.54, 1.807) is 4.90 Å². The number of nitrogens with one attached hydrogen (secondary N) is 1. The molecule has 0 atom stereocenters. The van der Waals surface area contributed by atoms with Gasteiger partial charge in [0.15, 0.2) is 0 Å². The van der Waals surface area contributed by atoms with Crippen molar-refractivity contribution in [3.63, 3.8) is 0 Å². The molecule has 0 aliphatic heterocycles. The minimum absolute atomic E-state index is 0.227. The predicted octanol–water partition coefficient (Wildman–Crippen LogP) is 4.04. The highest BCUT2D eigenvalue weighted by atomic mass is 16.6. The first-order valence-electron chi connectivity index (χ1n) is 8.48. The molecule has 0 radical (unpaired) electrons. The van der Waals surface area contributed by atoms with Gasteiger partial charge in [0.05, 0.1) is 0 Å². The Kier molecular flexibility index (Phi) is 7.56. The number of rotatable bonds is 7. The molecule has 0 aromatic heterocycles. The van der Waals surface area contributed by atoms with Crippen LogP contribution in [-0.2, 0) is 11.3 Å². The number of hydrogen-bond acceptors (Lipinski definition) is 3. The van der Waals surface area contributed by atoms with Gasteiger partial charge in [-0.05, 0) is 71.2 Å². The largest absolute Gasteiger partial charge is 0.444 e. The normalized spacial score (nSPS) is 11.4. The molecule has 130 valence electrons. The molecule has 0 aliphatic rings. The zero-order valence-corrected chi connectivity index (χ0v) is 15.5. The Morgan fingerprint density at radius 1 is 1.26 bits per heavy atom. The van der Waals surface area contributed by atoms with E-state index in [1.807, 2.05) is 27.7 Å². The number of aryl methyl sites for hydroxylation is 1. The molecule has 0 bridgehead atoms. The fourth-order valence-electron chi connectivity index (χ4n) is 2.33. The summed E-state index contributed by atoms with van der Waals surface area (Å²) in [6.07, 6.45) is 0.687. The average molecular weight is 320 g/mol. The van der Waals surface area contributed by atoms with Gasteiger partial charge in [0.25, 0.3) is 0 Å². The van der Waals surface area contributed by atoms with Crippen LogP contribution in [0, 0.1) is 13.8 Å². The van der Waals surface area contributed by atoms with Crippen LogP contribution >= 0.6 is 0 Å². The van der Waals surface area contributed by atoms with E-state index in [-0.39, 0.29) is 6.09 Å². The number of amides is 1. The topological polar surface area (TPSA) is 41.6 Å². The van der Waals surface area contributed by atoms with Crippen LogP contribution < -0.4 is 5.32 Å². The Balaban J connectivity index is 2.32. The molecule has 0 fully saturated rings. The maximum absolute atomic E-state index is 12.0. The van der Waals surface area contributed by atoms with Crippen LogP contribution in [0.2, 0.25) is 0 Å². The lowest BCUT2D eigenvalue weighted by Crippen LogP contribution is -2.38. The van der Waals surface area contributed by atoms with Gasteiger partial charge in [-0.2, -0.15) is 0 Å². The summed E-state index contributed by atoms with van der Waals surface area (Å²) in [5, 5.41) is 3.46. The van der Waals surface area contributed by atoms with Crippen molar-refractivity contribution in [3.8, 4) is 0 Å². The Morgan fingerprint density at radius 2 is 1.96 bits per heavy atom. The van der Waals surface area contributed by atoms with Crippen LogP contribution in [0.15, 0.2) is 18.2 Å². The fourth-order valence-corrected chi connectivity index (χ4v) is 2.33. The third-order valence-corrected chi connectivity index (χ3v) is 3.85. The summed E-state index contributed by atoms with van der Waals surface area (Å²) in [7, 11) is 0. The standard InChI is InChI=1S/C19H32N2O2/c1-7-21(18(22)23-19(4,5)6)13-9-12-20-14-17-11-8-10-15(2)16(17)3/h8,10-11,20H,7,9,12-14H2,1-6H3. The number of benzene rings is 1. The van der Waals surface area contributed by atoms with Crippen molar-refractivity contribution in [1.82, 2.24) is 10.2 Å². The van der Waals surface area contributed by atoms with Gasteiger partial charge in [-0.3, -0.25) is 0 Å². The molecule has 1 amide bonds. The summed E-state index contributed by atoms with van der Waals surface area (Å²) in [6, 6.07) is 6.40. The zero-order valence-electron chi connectivity index (χ0n) is 15.5. The van der Waals surface area contributed by atoms with E-state index in [0.717, 1.165) is 19.5 Å². The van der Waals surface area contributed by atoms with E-state index in [1.165, 1.54) is 16.7 Å². The summed E-state index contributed by atoms with van der Waals surface area (Å²) in [5.41, 5.74) is 3.57. The number of carbonyl (C=O) groups is 1. The molecular formula is C19H32N2O2. The quantitative estimate of drug-likeness (QED) is 0.771. The Morgan fingerprint density at radius 3 is 2.57 bits per heavy atom. The lowest BCUT2D eigenvalue weighted by Gasteiger charge is -2.26. The van der Waals surface area contributed by atoms with E-state index in [0.29, 0.717) is 13.1 Å². The molecule has 1 aromatic carbocycles. The van der Waals surface area contributed by atoms with Crippen molar-refractivity contribution in [2.75, 3.05) is 19.6 Å². The molecule has 0 saturated heterocycles. The summed E-state index contributed by atoms with van der Waals surface area (Å²) >= 11 is 0. The maximum atomic E-state index is 12.0.